The fraction of sp³-hybridized carbons (Fsp3) is 0.565. The van der Waals surface area contributed by atoms with E-state index in [4.69, 9.17) is 9.47 Å². The highest BCUT2D eigenvalue weighted by molar-refractivity contribution is 5.87. The van der Waals surface area contributed by atoms with Gasteiger partial charge in [-0.3, -0.25) is 14.4 Å². The second-order valence-corrected chi connectivity index (χ2v) is 8.86. The third kappa shape index (κ3) is 6.29. The molecule has 0 bridgehead atoms. The standard InChI is InChI=1S/C23H33N3O5/c1-7-22(3,4)20(28)30-13-12-24-18(27)14-17-25-15-10-9-11-16(19(15)26-17)31-21(29)23(5,6)8-2/h9-11H,7-8,12-14H2,1-6H3,(H,24,27)(H,25,26). The summed E-state index contributed by atoms with van der Waals surface area (Å²) in [4.78, 5) is 44.1. The number of amides is 1. The zero-order chi connectivity index (χ0) is 23.2. The highest BCUT2D eigenvalue weighted by Gasteiger charge is 2.29. The van der Waals surface area contributed by atoms with Crippen LogP contribution in [0.5, 0.6) is 5.75 Å². The first-order valence-electron chi connectivity index (χ1n) is 10.6. The lowest BCUT2D eigenvalue weighted by atomic mass is 9.91. The monoisotopic (exact) mass is 431 g/mol. The lowest BCUT2D eigenvalue weighted by Gasteiger charge is -2.20. The average Bonchev–Trinajstić information content (AvgIpc) is 3.14. The van der Waals surface area contributed by atoms with Gasteiger partial charge in [0, 0.05) is 0 Å². The molecule has 1 aromatic heterocycles. The highest BCUT2D eigenvalue weighted by atomic mass is 16.5. The van der Waals surface area contributed by atoms with E-state index in [-0.39, 0.29) is 37.4 Å². The van der Waals surface area contributed by atoms with E-state index in [0.29, 0.717) is 35.4 Å². The predicted octanol–water partition coefficient (Wildman–Crippen LogP) is 3.54. The van der Waals surface area contributed by atoms with Crippen LogP contribution < -0.4 is 10.1 Å². The quantitative estimate of drug-likeness (QED) is 0.338. The van der Waals surface area contributed by atoms with Crippen molar-refractivity contribution in [2.24, 2.45) is 10.8 Å². The summed E-state index contributed by atoms with van der Waals surface area (Å²) in [5.41, 5.74) is 0.0439. The lowest BCUT2D eigenvalue weighted by Crippen LogP contribution is -2.32. The van der Waals surface area contributed by atoms with E-state index >= 15 is 0 Å². The molecule has 0 atom stereocenters. The molecule has 0 aliphatic heterocycles. The molecule has 1 aromatic carbocycles. The van der Waals surface area contributed by atoms with E-state index < -0.39 is 10.8 Å². The van der Waals surface area contributed by atoms with Crippen molar-refractivity contribution >= 4 is 28.9 Å². The van der Waals surface area contributed by atoms with E-state index in [1.165, 1.54) is 0 Å². The summed E-state index contributed by atoms with van der Waals surface area (Å²) in [6.07, 6.45) is 1.35. The molecule has 0 saturated carbocycles. The maximum absolute atomic E-state index is 12.4. The molecule has 2 N–H and O–H groups in total. The molecule has 1 heterocycles. The molecular weight excluding hydrogens is 398 g/mol. The molecule has 0 saturated heterocycles. The number of nitrogens with one attached hydrogen (secondary N) is 2. The third-order valence-corrected chi connectivity index (χ3v) is 5.59. The Labute approximate surface area is 183 Å². The first-order valence-corrected chi connectivity index (χ1v) is 10.6. The fourth-order valence-electron chi connectivity index (χ4n) is 2.49. The Hall–Kier alpha value is -2.90. The van der Waals surface area contributed by atoms with Gasteiger partial charge in [-0.05, 0) is 52.7 Å². The molecule has 0 radical (unpaired) electrons. The second-order valence-electron chi connectivity index (χ2n) is 8.86. The van der Waals surface area contributed by atoms with E-state index in [2.05, 4.69) is 15.3 Å². The van der Waals surface area contributed by atoms with E-state index in [9.17, 15) is 14.4 Å². The van der Waals surface area contributed by atoms with Gasteiger partial charge in [-0.1, -0.05) is 19.9 Å². The minimum atomic E-state index is -0.600. The summed E-state index contributed by atoms with van der Waals surface area (Å²) < 4.78 is 10.8. The highest BCUT2D eigenvalue weighted by Crippen LogP contribution is 2.28. The molecule has 1 amide bonds. The summed E-state index contributed by atoms with van der Waals surface area (Å²) in [7, 11) is 0. The lowest BCUT2D eigenvalue weighted by molar-refractivity contribution is -0.154. The van der Waals surface area contributed by atoms with Crippen LogP contribution in [0.3, 0.4) is 0 Å². The van der Waals surface area contributed by atoms with Gasteiger partial charge in [0.1, 0.15) is 17.9 Å². The van der Waals surface area contributed by atoms with Gasteiger partial charge in [-0.2, -0.15) is 0 Å². The van der Waals surface area contributed by atoms with Crippen LogP contribution in [-0.4, -0.2) is 41.0 Å². The van der Waals surface area contributed by atoms with Gasteiger partial charge in [0.2, 0.25) is 5.91 Å². The van der Waals surface area contributed by atoms with Crippen LogP contribution in [-0.2, 0) is 25.5 Å². The number of aromatic amines is 1. The number of aromatic nitrogens is 2. The maximum atomic E-state index is 12.4. The van der Waals surface area contributed by atoms with Crippen LogP contribution in [0.25, 0.3) is 11.0 Å². The van der Waals surface area contributed by atoms with E-state index in [1.807, 2.05) is 41.5 Å². The number of rotatable bonds is 10. The van der Waals surface area contributed by atoms with Crippen molar-refractivity contribution in [2.45, 2.75) is 60.8 Å². The molecule has 0 spiro atoms. The summed E-state index contributed by atoms with van der Waals surface area (Å²) in [5.74, 6) is -0.0526. The van der Waals surface area contributed by atoms with Gasteiger partial charge in [0.15, 0.2) is 5.75 Å². The Morgan fingerprint density at radius 2 is 1.68 bits per heavy atom. The average molecular weight is 432 g/mol. The van der Waals surface area contributed by atoms with Gasteiger partial charge in [0.05, 0.1) is 29.3 Å². The summed E-state index contributed by atoms with van der Waals surface area (Å²) in [5, 5.41) is 2.71. The number of para-hydroxylation sites is 1. The summed E-state index contributed by atoms with van der Waals surface area (Å²) >= 11 is 0. The number of hydrogen-bond donors (Lipinski definition) is 2. The number of esters is 2. The molecule has 2 aromatic rings. The minimum Gasteiger partial charge on any atom is -0.463 e. The van der Waals surface area contributed by atoms with Crippen LogP contribution in [0.15, 0.2) is 18.2 Å². The normalized spacial score (nSPS) is 11.9. The number of H-pyrrole nitrogens is 1. The van der Waals surface area contributed by atoms with Crippen LogP contribution in [0.2, 0.25) is 0 Å². The number of benzene rings is 1. The minimum absolute atomic E-state index is 0.0247. The number of imidazole rings is 1. The zero-order valence-electron chi connectivity index (χ0n) is 19.3. The smallest absolute Gasteiger partial charge is 0.316 e. The fourth-order valence-corrected chi connectivity index (χ4v) is 2.49. The van der Waals surface area contributed by atoms with Crippen LogP contribution >= 0.6 is 0 Å². The summed E-state index contributed by atoms with van der Waals surface area (Å²) in [6.45, 7) is 11.5. The van der Waals surface area contributed by atoms with E-state index in [1.54, 1.807) is 18.2 Å². The molecule has 8 nitrogen and oxygen atoms in total. The molecule has 31 heavy (non-hydrogen) atoms. The van der Waals surface area contributed by atoms with Gasteiger partial charge in [-0.15, -0.1) is 0 Å². The Morgan fingerprint density at radius 3 is 2.32 bits per heavy atom. The van der Waals surface area contributed by atoms with Gasteiger partial charge >= 0.3 is 11.9 Å². The van der Waals surface area contributed by atoms with Crippen molar-refractivity contribution in [3.05, 3.63) is 24.0 Å². The predicted molar refractivity (Wildman–Crippen MR) is 118 cm³/mol. The molecule has 0 aliphatic rings. The first kappa shape index (κ1) is 24.4. The van der Waals surface area contributed by atoms with Crippen molar-refractivity contribution in [1.82, 2.24) is 15.3 Å². The number of nitrogens with zero attached hydrogens (tertiary/aromatic N) is 1. The Kier molecular flexibility index (Phi) is 7.81. The van der Waals surface area contributed by atoms with Gasteiger partial charge in [-0.25, -0.2) is 4.98 Å². The van der Waals surface area contributed by atoms with Crippen molar-refractivity contribution < 1.29 is 23.9 Å². The number of carbonyl (C=O) groups excluding carboxylic acids is 3. The molecule has 0 aliphatic carbocycles. The number of ether oxygens (including phenoxy) is 2. The third-order valence-electron chi connectivity index (χ3n) is 5.59. The topological polar surface area (TPSA) is 110 Å². The number of fused-ring (bicyclic) bond motifs is 1. The zero-order valence-corrected chi connectivity index (χ0v) is 19.3. The van der Waals surface area contributed by atoms with Crippen LogP contribution in [0, 0.1) is 10.8 Å². The van der Waals surface area contributed by atoms with Crippen LogP contribution in [0.1, 0.15) is 60.2 Å². The largest absolute Gasteiger partial charge is 0.463 e. The van der Waals surface area contributed by atoms with Gasteiger partial charge in [0.25, 0.3) is 0 Å². The van der Waals surface area contributed by atoms with Crippen LogP contribution in [0.4, 0.5) is 0 Å². The van der Waals surface area contributed by atoms with Gasteiger partial charge < -0.3 is 19.8 Å². The number of carbonyl (C=O) groups is 3. The molecule has 2 rings (SSSR count). The van der Waals surface area contributed by atoms with Crippen molar-refractivity contribution in [1.29, 1.82) is 0 Å². The Bertz CT molecular complexity index is 946. The molecule has 170 valence electrons. The Morgan fingerprint density at radius 1 is 1.03 bits per heavy atom. The Balaban J connectivity index is 1.95. The van der Waals surface area contributed by atoms with Crippen molar-refractivity contribution in [2.75, 3.05) is 13.2 Å². The summed E-state index contributed by atoms with van der Waals surface area (Å²) in [6, 6.07) is 5.25. The maximum Gasteiger partial charge on any atom is 0.316 e. The molecular formula is C23H33N3O5. The molecule has 8 heteroatoms. The number of hydrogen-bond acceptors (Lipinski definition) is 6. The molecule has 0 unspecified atom stereocenters. The molecule has 0 fully saturated rings. The van der Waals surface area contributed by atoms with Crippen molar-refractivity contribution in [3.63, 3.8) is 0 Å². The van der Waals surface area contributed by atoms with Crippen molar-refractivity contribution in [3.8, 4) is 5.75 Å². The first-order chi connectivity index (χ1) is 14.5. The second kappa shape index (κ2) is 9.94. The SMILES string of the molecule is CCC(C)(C)C(=O)OCCNC(=O)Cc1nc2c(OC(=O)C(C)(C)CC)cccc2[nH]1. The van der Waals surface area contributed by atoms with E-state index in [0.717, 1.165) is 0 Å².